The van der Waals surface area contributed by atoms with Crippen LogP contribution >= 0.6 is 0 Å². The van der Waals surface area contributed by atoms with Crippen molar-refractivity contribution in [1.82, 2.24) is 15.5 Å². The molecule has 0 amide bonds. The van der Waals surface area contributed by atoms with Gasteiger partial charge in [-0.3, -0.25) is 5.10 Å². The summed E-state index contributed by atoms with van der Waals surface area (Å²) in [6.07, 6.45) is 1.87. The molecule has 0 saturated heterocycles. The lowest BCUT2D eigenvalue weighted by molar-refractivity contribution is 0.306. The summed E-state index contributed by atoms with van der Waals surface area (Å²) >= 11 is 0. The number of H-pyrrole nitrogens is 1. The number of ether oxygens (including phenoxy) is 1. The molecule has 4 nitrogen and oxygen atoms in total. The molecule has 25 heavy (non-hydrogen) atoms. The second-order valence-corrected chi connectivity index (χ2v) is 6.47. The molecule has 3 rings (SSSR count). The first-order chi connectivity index (χ1) is 12.1. The van der Waals surface area contributed by atoms with Gasteiger partial charge in [0, 0.05) is 23.8 Å². The maximum Gasteiger partial charge on any atom is 0.119 e. The van der Waals surface area contributed by atoms with Crippen LogP contribution in [-0.2, 0) is 13.2 Å². The number of nitrogens with zero attached hydrogens (tertiary/aromatic N) is 1. The molecular weight excluding hydrogens is 310 g/mol. The number of aromatic nitrogens is 2. The van der Waals surface area contributed by atoms with E-state index in [1.54, 1.807) is 0 Å². The second kappa shape index (κ2) is 7.99. The van der Waals surface area contributed by atoms with Crippen LogP contribution in [0.15, 0.2) is 54.7 Å². The summed E-state index contributed by atoms with van der Waals surface area (Å²) in [6, 6.07) is 17.0. The lowest BCUT2D eigenvalue weighted by atomic mass is 10.1. The van der Waals surface area contributed by atoms with Crippen LogP contribution in [0.2, 0.25) is 0 Å². The predicted molar refractivity (Wildman–Crippen MR) is 101 cm³/mol. The maximum atomic E-state index is 5.88. The summed E-state index contributed by atoms with van der Waals surface area (Å²) in [6.45, 7) is 7.69. The van der Waals surface area contributed by atoms with Crippen molar-refractivity contribution >= 4 is 0 Å². The Bertz CT molecular complexity index is 808. The average Bonchev–Trinajstić information content (AvgIpc) is 3.03. The Balaban J connectivity index is 1.53. The largest absolute Gasteiger partial charge is 0.489 e. The molecule has 1 aromatic heterocycles. The van der Waals surface area contributed by atoms with Crippen LogP contribution in [0.1, 0.15) is 40.9 Å². The molecule has 0 fully saturated rings. The molecule has 0 radical (unpaired) electrons. The molecule has 2 N–H and O–H groups in total. The molecule has 1 atom stereocenters. The average molecular weight is 335 g/mol. The molecule has 3 aromatic rings. The van der Waals surface area contributed by atoms with Gasteiger partial charge in [0.05, 0.1) is 6.20 Å². The van der Waals surface area contributed by atoms with Gasteiger partial charge in [0.25, 0.3) is 0 Å². The van der Waals surface area contributed by atoms with Crippen molar-refractivity contribution in [3.8, 4) is 5.75 Å². The number of aryl methyl sites for hydroxylation is 2. The lowest BCUT2D eigenvalue weighted by Gasteiger charge is -2.15. The molecule has 0 spiro atoms. The van der Waals surface area contributed by atoms with Crippen LogP contribution in [0.3, 0.4) is 0 Å². The van der Waals surface area contributed by atoms with Gasteiger partial charge in [0.15, 0.2) is 0 Å². The van der Waals surface area contributed by atoms with Crippen molar-refractivity contribution in [2.75, 3.05) is 0 Å². The lowest BCUT2D eigenvalue weighted by Crippen LogP contribution is -2.18. The molecule has 1 unspecified atom stereocenters. The monoisotopic (exact) mass is 335 g/mol. The van der Waals surface area contributed by atoms with Crippen molar-refractivity contribution in [1.29, 1.82) is 0 Å². The van der Waals surface area contributed by atoms with Gasteiger partial charge in [-0.25, -0.2) is 0 Å². The first-order valence-corrected chi connectivity index (χ1v) is 8.62. The molecule has 4 heteroatoms. The molecule has 0 aliphatic rings. The third kappa shape index (κ3) is 4.70. The summed E-state index contributed by atoms with van der Waals surface area (Å²) in [5, 5.41) is 10.5. The van der Waals surface area contributed by atoms with E-state index in [-0.39, 0.29) is 6.04 Å². The first-order valence-electron chi connectivity index (χ1n) is 8.62. The summed E-state index contributed by atoms with van der Waals surface area (Å²) in [7, 11) is 0. The van der Waals surface area contributed by atoms with E-state index in [0.717, 1.165) is 18.0 Å². The molecule has 0 aliphatic heterocycles. The Morgan fingerprint density at radius 3 is 2.60 bits per heavy atom. The summed E-state index contributed by atoms with van der Waals surface area (Å²) in [5.41, 5.74) is 5.99. The quantitative estimate of drug-likeness (QED) is 0.670. The molecule has 130 valence electrons. The summed E-state index contributed by atoms with van der Waals surface area (Å²) in [4.78, 5) is 0. The van der Waals surface area contributed by atoms with Gasteiger partial charge >= 0.3 is 0 Å². The number of aromatic amines is 1. The predicted octanol–water partition coefficient (Wildman–Crippen LogP) is 4.46. The van der Waals surface area contributed by atoms with Gasteiger partial charge in [0.1, 0.15) is 12.4 Å². The van der Waals surface area contributed by atoms with E-state index >= 15 is 0 Å². The summed E-state index contributed by atoms with van der Waals surface area (Å²) in [5.74, 6) is 0.892. The van der Waals surface area contributed by atoms with Crippen LogP contribution in [0.5, 0.6) is 5.75 Å². The number of rotatable bonds is 7. The van der Waals surface area contributed by atoms with Crippen molar-refractivity contribution in [2.24, 2.45) is 0 Å². The van der Waals surface area contributed by atoms with E-state index < -0.39 is 0 Å². The molecule has 0 saturated carbocycles. The SMILES string of the molecule is Cc1cccc(COc2ccc(C(C)NCc3cn[nH]c3C)cc2)c1. The van der Waals surface area contributed by atoms with Gasteiger partial charge in [-0.15, -0.1) is 0 Å². The van der Waals surface area contributed by atoms with Gasteiger partial charge in [0.2, 0.25) is 0 Å². The Morgan fingerprint density at radius 2 is 1.92 bits per heavy atom. The van der Waals surface area contributed by atoms with E-state index in [1.807, 2.05) is 25.3 Å². The topological polar surface area (TPSA) is 49.9 Å². The van der Waals surface area contributed by atoms with Crippen LogP contribution in [0, 0.1) is 13.8 Å². The van der Waals surface area contributed by atoms with E-state index in [9.17, 15) is 0 Å². The van der Waals surface area contributed by atoms with E-state index in [2.05, 4.69) is 65.8 Å². The van der Waals surface area contributed by atoms with Gasteiger partial charge in [-0.05, 0) is 44.0 Å². The second-order valence-electron chi connectivity index (χ2n) is 6.47. The smallest absolute Gasteiger partial charge is 0.119 e. The first kappa shape index (κ1) is 17.2. The highest BCUT2D eigenvalue weighted by atomic mass is 16.5. The van der Waals surface area contributed by atoms with Crippen LogP contribution < -0.4 is 10.1 Å². The van der Waals surface area contributed by atoms with Gasteiger partial charge < -0.3 is 10.1 Å². The molecular formula is C21H25N3O. The number of nitrogens with one attached hydrogen (secondary N) is 2. The zero-order valence-corrected chi connectivity index (χ0v) is 15.0. The highest BCUT2D eigenvalue weighted by Gasteiger charge is 2.07. The van der Waals surface area contributed by atoms with Crippen LogP contribution in [0.4, 0.5) is 0 Å². The Hall–Kier alpha value is -2.59. The minimum absolute atomic E-state index is 0.264. The highest BCUT2D eigenvalue weighted by Crippen LogP contribution is 2.19. The van der Waals surface area contributed by atoms with E-state index in [1.165, 1.54) is 22.3 Å². The fraction of sp³-hybridized carbons (Fsp3) is 0.286. The molecule has 2 aromatic carbocycles. The van der Waals surface area contributed by atoms with Gasteiger partial charge in [-0.2, -0.15) is 5.10 Å². The zero-order valence-electron chi connectivity index (χ0n) is 15.0. The third-order valence-electron chi connectivity index (χ3n) is 4.40. The van der Waals surface area contributed by atoms with E-state index in [0.29, 0.717) is 6.61 Å². The van der Waals surface area contributed by atoms with E-state index in [4.69, 9.17) is 4.74 Å². The van der Waals surface area contributed by atoms with Crippen LogP contribution in [-0.4, -0.2) is 10.2 Å². The number of hydrogen-bond acceptors (Lipinski definition) is 3. The van der Waals surface area contributed by atoms with Crippen molar-refractivity contribution in [3.05, 3.63) is 82.7 Å². The zero-order chi connectivity index (χ0) is 17.6. The molecule has 0 bridgehead atoms. The van der Waals surface area contributed by atoms with Crippen molar-refractivity contribution in [2.45, 2.75) is 40.0 Å². The Morgan fingerprint density at radius 1 is 1.12 bits per heavy atom. The minimum Gasteiger partial charge on any atom is -0.489 e. The molecule has 1 heterocycles. The Kier molecular flexibility index (Phi) is 5.51. The fourth-order valence-electron chi connectivity index (χ4n) is 2.76. The standard InChI is InChI=1S/C21H25N3O/c1-15-5-4-6-18(11-15)14-25-21-9-7-19(8-10-21)16(2)22-12-20-13-23-24-17(20)3/h4-11,13,16,22H,12,14H2,1-3H3,(H,23,24). The summed E-state index contributed by atoms with van der Waals surface area (Å²) < 4.78 is 5.88. The normalized spacial score (nSPS) is 12.1. The Labute approximate surface area is 149 Å². The van der Waals surface area contributed by atoms with Crippen molar-refractivity contribution in [3.63, 3.8) is 0 Å². The highest BCUT2D eigenvalue weighted by molar-refractivity contribution is 5.30. The number of hydrogen-bond donors (Lipinski definition) is 2. The van der Waals surface area contributed by atoms with Crippen molar-refractivity contribution < 1.29 is 4.74 Å². The number of benzene rings is 2. The third-order valence-corrected chi connectivity index (χ3v) is 4.40. The van der Waals surface area contributed by atoms with Crippen LogP contribution in [0.25, 0.3) is 0 Å². The van der Waals surface area contributed by atoms with Gasteiger partial charge in [-0.1, -0.05) is 42.0 Å². The minimum atomic E-state index is 0.264. The molecule has 0 aliphatic carbocycles. The fourth-order valence-corrected chi connectivity index (χ4v) is 2.76. The maximum absolute atomic E-state index is 5.88.